The third-order valence-electron chi connectivity index (χ3n) is 4.98. The minimum absolute atomic E-state index is 0.0666. The van der Waals surface area contributed by atoms with Crippen LogP contribution in [0, 0.1) is 0 Å². The molecule has 3 heterocycles. The van der Waals surface area contributed by atoms with E-state index in [1.807, 2.05) is 0 Å². The van der Waals surface area contributed by atoms with E-state index in [0.29, 0.717) is 6.54 Å². The van der Waals surface area contributed by atoms with E-state index >= 15 is 0 Å². The summed E-state index contributed by atoms with van der Waals surface area (Å²) < 4.78 is 2.26. The van der Waals surface area contributed by atoms with E-state index in [9.17, 15) is 4.79 Å². The van der Waals surface area contributed by atoms with Crippen LogP contribution in [0.15, 0.2) is 17.6 Å². The van der Waals surface area contributed by atoms with Crippen LogP contribution in [0.3, 0.4) is 0 Å². The highest BCUT2D eigenvalue weighted by Crippen LogP contribution is 2.33. The molecular weight excluding hydrogens is 320 g/mol. The van der Waals surface area contributed by atoms with Gasteiger partial charge in [0, 0.05) is 37.0 Å². The molecule has 1 atom stereocenters. The fourth-order valence-corrected chi connectivity index (χ4v) is 4.73. The number of thiophene rings is 1. The number of hydrogen-bond acceptors (Lipinski definition) is 3. The Bertz CT molecular complexity index is 697. The molecule has 0 spiro atoms. The van der Waals surface area contributed by atoms with E-state index in [0.717, 1.165) is 44.3 Å². The number of carbonyl (C=O) groups is 1. The maximum absolute atomic E-state index is 12.2. The van der Waals surface area contributed by atoms with E-state index in [1.165, 1.54) is 29.1 Å². The summed E-state index contributed by atoms with van der Waals surface area (Å²) in [5.74, 6) is 1.20. The number of hydrogen-bond donors (Lipinski definition) is 2. The number of amides is 2. The predicted molar refractivity (Wildman–Crippen MR) is 95.4 cm³/mol. The van der Waals surface area contributed by atoms with Crippen molar-refractivity contribution in [3.05, 3.63) is 39.6 Å². The smallest absolute Gasteiger partial charge is 0.315 e. The molecule has 2 aliphatic rings. The normalized spacial score (nSPS) is 19.4. The van der Waals surface area contributed by atoms with Gasteiger partial charge in [-0.3, -0.25) is 0 Å². The monoisotopic (exact) mass is 344 g/mol. The summed E-state index contributed by atoms with van der Waals surface area (Å²) >= 11 is 1.80. The molecule has 0 bridgehead atoms. The van der Waals surface area contributed by atoms with Crippen molar-refractivity contribution >= 4 is 17.4 Å². The summed E-state index contributed by atoms with van der Waals surface area (Å²) in [6.45, 7) is 1.71. The van der Waals surface area contributed by atoms with Crippen LogP contribution in [0.4, 0.5) is 4.79 Å². The Kier molecular flexibility index (Phi) is 4.56. The summed E-state index contributed by atoms with van der Waals surface area (Å²) in [5.41, 5.74) is 2.40. The maximum Gasteiger partial charge on any atom is 0.315 e. The number of urea groups is 1. The quantitative estimate of drug-likeness (QED) is 0.895. The second-order valence-electron chi connectivity index (χ2n) is 6.69. The van der Waals surface area contributed by atoms with E-state index in [4.69, 9.17) is 0 Å². The number of aromatic nitrogens is 2. The fourth-order valence-electron chi connectivity index (χ4n) is 3.74. The summed E-state index contributed by atoms with van der Waals surface area (Å²) in [7, 11) is 0. The first-order chi connectivity index (χ1) is 11.8. The molecule has 2 amide bonds. The SMILES string of the molecule is O=C(NCCc1cn2c(n1)CCCC2)NC1CCCc2sccc21. The molecule has 5 nitrogen and oxygen atoms in total. The number of imidazole rings is 1. The highest BCUT2D eigenvalue weighted by molar-refractivity contribution is 7.10. The molecule has 0 radical (unpaired) electrons. The van der Waals surface area contributed by atoms with Gasteiger partial charge in [0.2, 0.25) is 0 Å². The van der Waals surface area contributed by atoms with Crippen molar-refractivity contribution in [3.63, 3.8) is 0 Å². The molecule has 1 unspecified atom stereocenters. The maximum atomic E-state index is 12.2. The number of aryl methyl sites for hydroxylation is 3. The van der Waals surface area contributed by atoms with Crippen LogP contribution in [-0.2, 0) is 25.8 Å². The van der Waals surface area contributed by atoms with Gasteiger partial charge in [0.1, 0.15) is 5.82 Å². The molecule has 24 heavy (non-hydrogen) atoms. The Morgan fingerprint density at radius 2 is 2.29 bits per heavy atom. The molecule has 2 N–H and O–H groups in total. The van der Waals surface area contributed by atoms with Crippen LogP contribution in [0.5, 0.6) is 0 Å². The Hall–Kier alpha value is -1.82. The Morgan fingerprint density at radius 1 is 1.33 bits per heavy atom. The zero-order valence-electron chi connectivity index (χ0n) is 13.9. The Balaban J connectivity index is 1.26. The molecule has 4 rings (SSSR count). The van der Waals surface area contributed by atoms with Gasteiger partial charge in [-0.05, 0) is 49.1 Å². The highest BCUT2D eigenvalue weighted by atomic mass is 32.1. The zero-order chi connectivity index (χ0) is 16.4. The van der Waals surface area contributed by atoms with Crippen molar-refractivity contribution in [1.82, 2.24) is 20.2 Å². The predicted octanol–water partition coefficient (Wildman–Crippen LogP) is 3.20. The summed E-state index contributed by atoms with van der Waals surface area (Å²) in [6, 6.07) is 2.25. The molecule has 0 saturated carbocycles. The van der Waals surface area contributed by atoms with Crippen LogP contribution in [0.1, 0.15) is 53.7 Å². The average molecular weight is 344 g/mol. The van der Waals surface area contributed by atoms with Crippen LogP contribution >= 0.6 is 11.3 Å². The number of fused-ring (bicyclic) bond motifs is 2. The van der Waals surface area contributed by atoms with Crippen LogP contribution in [0.25, 0.3) is 0 Å². The van der Waals surface area contributed by atoms with Gasteiger partial charge in [0.05, 0.1) is 11.7 Å². The standard InChI is InChI=1S/C18H24N4OS/c23-18(21-15-4-3-5-16-14(15)8-11-24-16)19-9-7-13-12-22-10-2-1-6-17(22)20-13/h8,11-12,15H,1-7,9-10H2,(H2,19,21,23). The summed E-state index contributed by atoms with van der Waals surface area (Å²) in [5, 5.41) is 8.24. The summed E-state index contributed by atoms with van der Waals surface area (Å²) in [4.78, 5) is 18.3. The van der Waals surface area contributed by atoms with Gasteiger partial charge in [-0.2, -0.15) is 0 Å². The first-order valence-corrected chi connectivity index (χ1v) is 9.83. The van der Waals surface area contributed by atoms with Gasteiger partial charge in [0.25, 0.3) is 0 Å². The highest BCUT2D eigenvalue weighted by Gasteiger charge is 2.22. The van der Waals surface area contributed by atoms with E-state index in [-0.39, 0.29) is 12.1 Å². The van der Waals surface area contributed by atoms with Gasteiger partial charge in [-0.25, -0.2) is 9.78 Å². The van der Waals surface area contributed by atoms with Crippen LogP contribution in [-0.4, -0.2) is 22.1 Å². The lowest BCUT2D eigenvalue weighted by atomic mass is 9.94. The Labute approximate surface area is 146 Å². The van der Waals surface area contributed by atoms with Crippen molar-refractivity contribution in [3.8, 4) is 0 Å². The van der Waals surface area contributed by atoms with Crippen molar-refractivity contribution in [2.45, 2.75) is 57.5 Å². The lowest BCUT2D eigenvalue weighted by molar-refractivity contribution is 0.235. The molecule has 1 aliphatic heterocycles. The third kappa shape index (κ3) is 3.34. The van der Waals surface area contributed by atoms with E-state index < -0.39 is 0 Å². The zero-order valence-corrected chi connectivity index (χ0v) is 14.7. The molecule has 128 valence electrons. The topological polar surface area (TPSA) is 59.0 Å². The first-order valence-electron chi connectivity index (χ1n) is 8.95. The van der Waals surface area contributed by atoms with Gasteiger partial charge in [-0.1, -0.05) is 0 Å². The van der Waals surface area contributed by atoms with Gasteiger partial charge in [-0.15, -0.1) is 11.3 Å². The van der Waals surface area contributed by atoms with Crippen LogP contribution in [0.2, 0.25) is 0 Å². The first kappa shape index (κ1) is 15.7. The van der Waals surface area contributed by atoms with E-state index in [1.54, 1.807) is 11.3 Å². The minimum Gasteiger partial charge on any atom is -0.338 e. The molecule has 6 heteroatoms. The van der Waals surface area contributed by atoms with E-state index in [2.05, 4.69) is 37.8 Å². The molecule has 0 saturated heterocycles. The second kappa shape index (κ2) is 6.97. The van der Waals surface area contributed by atoms with Crippen LogP contribution < -0.4 is 10.6 Å². The van der Waals surface area contributed by atoms with Crippen molar-refractivity contribution in [1.29, 1.82) is 0 Å². The molecule has 1 aliphatic carbocycles. The van der Waals surface area contributed by atoms with Crippen molar-refractivity contribution in [2.24, 2.45) is 0 Å². The lowest BCUT2D eigenvalue weighted by Crippen LogP contribution is -2.39. The minimum atomic E-state index is -0.0666. The fraction of sp³-hybridized carbons (Fsp3) is 0.556. The molecule has 0 fully saturated rings. The average Bonchev–Trinajstić information content (AvgIpc) is 3.21. The third-order valence-corrected chi connectivity index (χ3v) is 5.98. The molecule has 0 aromatic carbocycles. The number of carbonyl (C=O) groups excluding carboxylic acids is 1. The van der Waals surface area contributed by atoms with Gasteiger partial charge < -0.3 is 15.2 Å². The number of nitrogens with zero attached hydrogens (tertiary/aromatic N) is 2. The lowest BCUT2D eigenvalue weighted by Gasteiger charge is -2.23. The number of nitrogens with one attached hydrogen (secondary N) is 2. The second-order valence-corrected chi connectivity index (χ2v) is 7.69. The van der Waals surface area contributed by atoms with Crippen molar-refractivity contribution in [2.75, 3.05) is 6.54 Å². The van der Waals surface area contributed by atoms with Crippen molar-refractivity contribution < 1.29 is 4.79 Å². The molecule has 2 aromatic rings. The summed E-state index contributed by atoms with van der Waals surface area (Å²) in [6.07, 6.45) is 9.84. The molecule has 2 aromatic heterocycles. The Morgan fingerprint density at radius 3 is 3.21 bits per heavy atom. The van der Waals surface area contributed by atoms with Gasteiger partial charge >= 0.3 is 6.03 Å². The largest absolute Gasteiger partial charge is 0.338 e. The molecular formula is C18H24N4OS. The number of rotatable bonds is 4. The van der Waals surface area contributed by atoms with Gasteiger partial charge in [0.15, 0.2) is 0 Å².